The Bertz CT molecular complexity index is 331. The number of benzene rings is 1. The van der Waals surface area contributed by atoms with Crippen molar-refractivity contribution in [2.75, 3.05) is 7.11 Å². The number of aliphatic hydroxyl groups is 1. The fraction of sp³-hybridized carbons (Fsp3) is 0.385. The molecule has 0 aliphatic rings. The summed E-state index contributed by atoms with van der Waals surface area (Å²) >= 11 is 0. The summed E-state index contributed by atoms with van der Waals surface area (Å²) in [5.41, 5.74) is 1.99. The Morgan fingerprint density at radius 2 is 2.27 bits per heavy atom. The lowest BCUT2D eigenvalue weighted by Crippen LogP contribution is -2.00. The second-order valence-corrected chi connectivity index (χ2v) is 3.63. The maximum atomic E-state index is 9.96. The van der Waals surface area contributed by atoms with Crippen molar-refractivity contribution < 1.29 is 9.84 Å². The molecule has 0 spiro atoms. The van der Waals surface area contributed by atoms with E-state index in [1.54, 1.807) is 7.11 Å². The molecule has 1 aromatic rings. The molecule has 0 aliphatic heterocycles. The average Bonchev–Trinajstić information content (AvgIpc) is 2.25. The molecule has 0 radical (unpaired) electrons. The Kier molecular flexibility index (Phi) is 4.37. The van der Waals surface area contributed by atoms with Crippen molar-refractivity contribution in [3.05, 3.63) is 42.0 Å². The summed E-state index contributed by atoms with van der Waals surface area (Å²) < 4.78 is 5.22. The van der Waals surface area contributed by atoms with E-state index in [-0.39, 0.29) is 0 Å². The van der Waals surface area contributed by atoms with Crippen LogP contribution in [-0.4, -0.2) is 12.2 Å². The zero-order chi connectivity index (χ0) is 11.3. The Hall–Kier alpha value is -1.28. The fourth-order valence-electron chi connectivity index (χ4n) is 1.55. The molecule has 82 valence electrons. The van der Waals surface area contributed by atoms with E-state index in [4.69, 9.17) is 4.74 Å². The third kappa shape index (κ3) is 3.10. The number of hydrogen-bond acceptors (Lipinski definition) is 2. The number of allylic oxidation sites excluding steroid dienone is 1. The third-order valence-corrected chi connectivity index (χ3v) is 2.39. The number of ether oxygens (including phenoxy) is 1. The fourth-order valence-corrected chi connectivity index (χ4v) is 1.55. The minimum atomic E-state index is -0.474. The van der Waals surface area contributed by atoms with E-state index in [0.717, 1.165) is 23.3 Å². The van der Waals surface area contributed by atoms with Crippen molar-refractivity contribution >= 4 is 0 Å². The van der Waals surface area contributed by atoms with Crippen molar-refractivity contribution in [2.45, 2.75) is 25.9 Å². The highest BCUT2D eigenvalue weighted by Crippen LogP contribution is 2.28. The zero-order valence-corrected chi connectivity index (χ0v) is 9.36. The van der Waals surface area contributed by atoms with E-state index in [2.05, 4.69) is 6.58 Å². The molecule has 15 heavy (non-hydrogen) atoms. The van der Waals surface area contributed by atoms with Gasteiger partial charge in [0.25, 0.3) is 0 Å². The molecule has 2 nitrogen and oxygen atoms in total. The van der Waals surface area contributed by atoms with Crippen LogP contribution in [0.4, 0.5) is 0 Å². The van der Waals surface area contributed by atoms with Gasteiger partial charge in [-0.3, -0.25) is 0 Å². The molecule has 1 atom stereocenters. The maximum absolute atomic E-state index is 9.96. The van der Waals surface area contributed by atoms with Gasteiger partial charge in [-0.1, -0.05) is 17.7 Å². The highest BCUT2D eigenvalue weighted by atomic mass is 16.5. The van der Waals surface area contributed by atoms with E-state index in [0.29, 0.717) is 6.42 Å². The normalized spacial score (nSPS) is 12.2. The number of methoxy groups -OCH3 is 1. The minimum Gasteiger partial charge on any atom is -0.496 e. The zero-order valence-electron chi connectivity index (χ0n) is 9.36. The second-order valence-electron chi connectivity index (χ2n) is 3.63. The topological polar surface area (TPSA) is 29.5 Å². The van der Waals surface area contributed by atoms with Crippen LogP contribution in [0.1, 0.15) is 30.1 Å². The Morgan fingerprint density at radius 3 is 2.87 bits per heavy atom. The summed E-state index contributed by atoms with van der Waals surface area (Å²) in [6.45, 7) is 5.65. The van der Waals surface area contributed by atoms with Crippen molar-refractivity contribution in [3.8, 4) is 5.75 Å². The van der Waals surface area contributed by atoms with Gasteiger partial charge in [0.2, 0.25) is 0 Å². The van der Waals surface area contributed by atoms with Crippen LogP contribution in [0.5, 0.6) is 5.75 Å². The van der Waals surface area contributed by atoms with E-state index in [1.165, 1.54) is 0 Å². The van der Waals surface area contributed by atoms with E-state index in [9.17, 15) is 5.11 Å². The lowest BCUT2D eigenvalue weighted by atomic mass is 10.0. The molecule has 0 aliphatic carbocycles. The van der Waals surface area contributed by atoms with Gasteiger partial charge in [0, 0.05) is 5.56 Å². The molecule has 2 heteroatoms. The average molecular weight is 206 g/mol. The van der Waals surface area contributed by atoms with E-state index in [1.807, 2.05) is 31.2 Å². The summed E-state index contributed by atoms with van der Waals surface area (Å²) in [4.78, 5) is 0. The van der Waals surface area contributed by atoms with Crippen LogP contribution in [-0.2, 0) is 0 Å². The molecule has 1 aromatic carbocycles. The standard InChI is InChI=1S/C13H18O2/c1-4-5-6-12(14)11-9-10(2)7-8-13(11)15-3/h4,7-9,12,14H,1,5-6H2,2-3H3. The van der Waals surface area contributed by atoms with Gasteiger partial charge in [0.15, 0.2) is 0 Å². The number of aliphatic hydroxyl groups excluding tert-OH is 1. The first-order valence-electron chi connectivity index (χ1n) is 5.12. The SMILES string of the molecule is C=CCCC(O)c1cc(C)ccc1OC. The van der Waals surface area contributed by atoms with Gasteiger partial charge in [-0.15, -0.1) is 6.58 Å². The van der Waals surface area contributed by atoms with Gasteiger partial charge in [-0.25, -0.2) is 0 Å². The highest BCUT2D eigenvalue weighted by Gasteiger charge is 2.12. The molecule has 0 saturated carbocycles. The van der Waals surface area contributed by atoms with Gasteiger partial charge in [-0.2, -0.15) is 0 Å². The Balaban J connectivity index is 2.89. The van der Waals surface area contributed by atoms with Crippen LogP contribution < -0.4 is 4.74 Å². The van der Waals surface area contributed by atoms with Crippen LogP contribution in [0.25, 0.3) is 0 Å². The van der Waals surface area contributed by atoms with Crippen molar-refractivity contribution in [2.24, 2.45) is 0 Å². The molecule has 1 rings (SSSR count). The minimum absolute atomic E-state index is 0.474. The van der Waals surface area contributed by atoms with Crippen LogP contribution in [0, 0.1) is 6.92 Å². The van der Waals surface area contributed by atoms with Gasteiger partial charge in [0.1, 0.15) is 5.75 Å². The van der Waals surface area contributed by atoms with Crippen LogP contribution in [0.2, 0.25) is 0 Å². The molecule has 0 amide bonds. The monoisotopic (exact) mass is 206 g/mol. The molecule has 0 aromatic heterocycles. The van der Waals surface area contributed by atoms with Gasteiger partial charge in [-0.05, 0) is 31.9 Å². The quantitative estimate of drug-likeness (QED) is 0.750. The molecule has 0 saturated heterocycles. The van der Waals surface area contributed by atoms with E-state index < -0.39 is 6.10 Å². The largest absolute Gasteiger partial charge is 0.496 e. The third-order valence-electron chi connectivity index (χ3n) is 2.39. The van der Waals surface area contributed by atoms with Crippen LogP contribution in [0.15, 0.2) is 30.9 Å². The lowest BCUT2D eigenvalue weighted by molar-refractivity contribution is 0.164. The summed E-state index contributed by atoms with van der Waals surface area (Å²) in [5, 5.41) is 9.96. The van der Waals surface area contributed by atoms with Gasteiger partial charge >= 0.3 is 0 Å². The van der Waals surface area contributed by atoms with Crippen molar-refractivity contribution in [1.29, 1.82) is 0 Å². The van der Waals surface area contributed by atoms with Crippen molar-refractivity contribution in [3.63, 3.8) is 0 Å². The molecule has 0 bridgehead atoms. The van der Waals surface area contributed by atoms with Crippen LogP contribution >= 0.6 is 0 Å². The predicted molar refractivity (Wildman–Crippen MR) is 62.1 cm³/mol. The molecule has 0 heterocycles. The summed E-state index contributed by atoms with van der Waals surface area (Å²) in [7, 11) is 1.62. The Morgan fingerprint density at radius 1 is 1.53 bits per heavy atom. The number of aryl methyl sites for hydroxylation is 1. The molecule has 1 N–H and O–H groups in total. The molecular weight excluding hydrogens is 188 g/mol. The first kappa shape index (κ1) is 11.8. The predicted octanol–water partition coefficient (Wildman–Crippen LogP) is 3.00. The van der Waals surface area contributed by atoms with Gasteiger partial charge in [0.05, 0.1) is 13.2 Å². The molecule has 1 unspecified atom stereocenters. The molecule has 0 fully saturated rings. The first-order chi connectivity index (χ1) is 7.19. The van der Waals surface area contributed by atoms with Crippen molar-refractivity contribution in [1.82, 2.24) is 0 Å². The summed E-state index contributed by atoms with van der Waals surface area (Å²) in [6, 6.07) is 5.83. The van der Waals surface area contributed by atoms with E-state index >= 15 is 0 Å². The molecular formula is C13H18O2. The smallest absolute Gasteiger partial charge is 0.124 e. The lowest BCUT2D eigenvalue weighted by Gasteiger charge is -2.14. The van der Waals surface area contributed by atoms with Gasteiger partial charge < -0.3 is 9.84 Å². The number of hydrogen-bond donors (Lipinski definition) is 1. The highest BCUT2D eigenvalue weighted by molar-refractivity contribution is 5.38. The number of rotatable bonds is 5. The first-order valence-corrected chi connectivity index (χ1v) is 5.12. The summed E-state index contributed by atoms with van der Waals surface area (Å²) in [5.74, 6) is 0.747. The maximum Gasteiger partial charge on any atom is 0.124 e. The van der Waals surface area contributed by atoms with Crippen LogP contribution in [0.3, 0.4) is 0 Å². The Labute approximate surface area is 91.2 Å². The second kappa shape index (κ2) is 5.56. The summed E-state index contributed by atoms with van der Waals surface area (Å²) in [6.07, 6.45) is 2.82.